The minimum absolute atomic E-state index is 0.0879. The van der Waals surface area contributed by atoms with E-state index in [0.29, 0.717) is 6.54 Å². The third-order valence-electron chi connectivity index (χ3n) is 5.90. The summed E-state index contributed by atoms with van der Waals surface area (Å²) in [5.74, 6) is 1.32. The summed E-state index contributed by atoms with van der Waals surface area (Å²) in [6.45, 7) is 2.16. The molecule has 2 aromatic carbocycles. The number of hydrogen-bond acceptors (Lipinski definition) is 4. The molecule has 1 aliphatic carbocycles. The number of benzene rings is 2. The molecule has 6 heteroatoms. The first kappa shape index (κ1) is 22.7. The smallest absolute Gasteiger partial charge is 0.242 e. The molecule has 0 radical (unpaired) electrons. The molecule has 31 heavy (non-hydrogen) atoms. The molecule has 0 spiro atoms. The molecule has 1 saturated carbocycles. The van der Waals surface area contributed by atoms with Crippen LogP contribution >= 0.6 is 0 Å². The van der Waals surface area contributed by atoms with Gasteiger partial charge < -0.3 is 19.7 Å². The van der Waals surface area contributed by atoms with Crippen LogP contribution in [0, 0.1) is 0 Å². The second-order valence-corrected chi connectivity index (χ2v) is 8.06. The molecule has 1 atom stereocenters. The molecule has 0 heterocycles. The summed E-state index contributed by atoms with van der Waals surface area (Å²) < 4.78 is 10.4. The quantitative estimate of drug-likeness (QED) is 0.666. The first-order chi connectivity index (χ1) is 15.0. The summed E-state index contributed by atoms with van der Waals surface area (Å²) in [5.41, 5.74) is 1.83. The number of carbonyl (C=O) groups excluding carboxylic acids is 2. The van der Waals surface area contributed by atoms with E-state index in [1.54, 1.807) is 26.0 Å². The Bertz CT molecular complexity index is 858. The highest BCUT2D eigenvalue weighted by molar-refractivity contribution is 5.88. The summed E-state index contributed by atoms with van der Waals surface area (Å²) >= 11 is 0. The van der Waals surface area contributed by atoms with Crippen molar-refractivity contribution in [3.05, 3.63) is 59.7 Å². The zero-order chi connectivity index (χ0) is 22.2. The summed E-state index contributed by atoms with van der Waals surface area (Å²) in [4.78, 5) is 27.9. The van der Waals surface area contributed by atoms with E-state index in [1.807, 2.05) is 48.5 Å². The molecule has 0 bridgehead atoms. The lowest BCUT2D eigenvalue weighted by atomic mass is 10.1. The molecule has 0 unspecified atom stereocenters. The number of nitrogens with one attached hydrogen (secondary N) is 1. The maximum atomic E-state index is 13.3. The fourth-order valence-electron chi connectivity index (χ4n) is 3.92. The second-order valence-electron chi connectivity index (χ2n) is 8.06. The first-order valence-corrected chi connectivity index (χ1v) is 10.9. The van der Waals surface area contributed by atoms with E-state index in [-0.39, 0.29) is 24.3 Å². The minimum Gasteiger partial charge on any atom is -0.497 e. The van der Waals surface area contributed by atoms with Crippen molar-refractivity contribution in [3.8, 4) is 11.5 Å². The van der Waals surface area contributed by atoms with E-state index in [2.05, 4.69) is 5.32 Å². The highest BCUT2D eigenvalue weighted by atomic mass is 16.5. The van der Waals surface area contributed by atoms with Crippen LogP contribution in [0.4, 0.5) is 0 Å². The SMILES string of the molecule is COc1ccc(CC(=O)N(Cc2ccc(OC)cc2)[C@@H](C)C(=O)NC2CCCC2)cc1. The average Bonchev–Trinajstić information content (AvgIpc) is 3.31. The number of hydrogen-bond donors (Lipinski definition) is 1. The number of rotatable bonds is 9. The Morgan fingerprint density at radius 2 is 1.45 bits per heavy atom. The van der Waals surface area contributed by atoms with Crippen LogP contribution in [-0.2, 0) is 22.6 Å². The van der Waals surface area contributed by atoms with Gasteiger partial charge >= 0.3 is 0 Å². The van der Waals surface area contributed by atoms with E-state index >= 15 is 0 Å². The van der Waals surface area contributed by atoms with Crippen LogP contribution < -0.4 is 14.8 Å². The van der Waals surface area contributed by atoms with E-state index in [9.17, 15) is 9.59 Å². The molecule has 1 N–H and O–H groups in total. The summed E-state index contributed by atoms with van der Waals surface area (Å²) in [6.07, 6.45) is 4.53. The number of carbonyl (C=O) groups is 2. The van der Waals surface area contributed by atoms with E-state index in [0.717, 1.165) is 48.3 Å². The maximum Gasteiger partial charge on any atom is 0.242 e. The Kier molecular flexibility index (Phi) is 7.93. The van der Waals surface area contributed by atoms with Gasteiger partial charge in [0.2, 0.25) is 11.8 Å². The Morgan fingerprint density at radius 1 is 0.935 bits per heavy atom. The van der Waals surface area contributed by atoms with Crippen LogP contribution in [0.15, 0.2) is 48.5 Å². The van der Waals surface area contributed by atoms with Gasteiger partial charge in [-0.25, -0.2) is 0 Å². The van der Waals surface area contributed by atoms with Gasteiger partial charge in [0.05, 0.1) is 20.6 Å². The molecule has 166 valence electrons. The molecule has 6 nitrogen and oxygen atoms in total. The van der Waals surface area contributed by atoms with Gasteiger partial charge in [0.1, 0.15) is 17.5 Å². The molecular weight excluding hydrogens is 392 g/mol. The lowest BCUT2D eigenvalue weighted by molar-refractivity contribution is -0.140. The van der Waals surface area contributed by atoms with Crippen LogP contribution in [0.3, 0.4) is 0 Å². The van der Waals surface area contributed by atoms with Crippen molar-refractivity contribution in [3.63, 3.8) is 0 Å². The van der Waals surface area contributed by atoms with Gasteiger partial charge in [0.15, 0.2) is 0 Å². The average molecular weight is 425 g/mol. The summed E-state index contributed by atoms with van der Waals surface area (Å²) in [6, 6.07) is 14.7. The van der Waals surface area contributed by atoms with E-state index in [1.165, 1.54) is 0 Å². The predicted octanol–water partition coefficient (Wildman–Crippen LogP) is 3.72. The highest BCUT2D eigenvalue weighted by Gasteiger charge is 2.28. The van der Waals surface area contributed by atoms with Gasteiger partial charge in [-0.05, 0) is 55.2 Å². The Hall–Kier alpha value is -3.02. The molecule has 2 amide bonds. The zero-order valence-electron chi connectivity index (χ0n) is 18.6. The van der Waals surface area contributed by atoms with E-state index < -0.39 is 6.04 Å². The minimum atomic E-state index is -0.562. The lowest BCUT2D eigenvalue weighted by Gasteiger charge is -2.30. The molecule has 2 aromatic rings. The van der Waals surface area contributed by atoms with Crippen molar-refractivity contribution in [1.29, 1.82) is 0 Å². The largest absolute Gasteiger partial charge is 0.497 e. The topological polar surface area (TPSA) is 67.9 Å². The van der Waals surface area contributed by atoms with Gasteiger partial charge in [-0.1, -0.05) is 37.1 Å². The van der Waals surface area contributed by atoms with Gasteiger partial charge in [0.25, 0.3) is 0 Å². The number of amides is 2. The zero-order valence-corrected chi connectivity index (χ0v) is 18.6. The van der Waals surface area contributed by atoms with Gasteiger partial charge in [0, 0.05) is 12.6 Å². The summed E-state index contributed by atoms with van der Waals surface area (Å²) in [7, 11) is 3.23. The summed E-state index contributed by atoms with van der Waals surface area (Å²) in [5, 5.41) is 3.13. The van der Waals surface area contributed by atoms with Crippen LogP contribution in [0.1, 0.15) is 43.7 Å². The molecule has 0 aromatic heterocycles. The Balaban J connectivity index is 1.75. The molecule has 0 saturated heterocycles. The van der Waals surface area contributed by atoms with Crippen molar-refractivity contribution in [2.75, 3.05) is 14.2 Å². The fourth-order valence-corrected chi connectivity index (χ4v) is 3.92. The molecular formula is C25H32N2O4. The fraction of sp³-hybridized carbons (Fsp3) is 0.440. The third kappa shape index (κ3) is 6.23. The van der Waals surface area contributed by atoms with Gasteiger partial charge in [-0.2, -0.15) is 0 Å². The normalized spacial score (nSPS) is 14.7. The Labute approximate surface area is 184 Å². The van der Waals surface area contributed by atoms with Gasteiger partial charge in [-0.3, -0.25) is 9.59 Å². The molecule has 1 aliphatic rings. The molecule has 0 aliphatic heterocycles. The monoisotopic (exact) mass is 424 g/mol. The molecule has 3 rings (SSSR count). The van der Waals surface area contributed by atoms with Crippen molar-refractivity contribution < 1.29 is 19.1 Å². The standard InChI is InChI=1S/C25H32N2O4/c1-18(25(29)26-21-6-4-5-7-21)27(17-20-10-14-23(31-3)15-11-20)24(28)16-19-8-12-22(30-2)13-9-19/h8-15,18,21H,4-7,16-17H2,1-3H3,(H,26,29)/t18-/m0/s1. The predicted molar refractivity (Wildman–Crippen MR) is 120 cm³/mol. The highest BCUT2D eigenvalue weighted by Crippen LogP contribution is 2.20. The van der Waals surface area contributed by atoms with Crippen LogP contribution in [-0.4, -0.2) is 43.0 Å². The number of nitrogens with zero attached hydrogens (tertiary/aromatic N) is 1. The maximum absolute atomic E-state index is 13.3. The van der Waals surface area contributed by atoms with Crippen molar-refractivity contribution >= 4 is 11.8 Å². The number of ether oxygens (including phenoxy) is 2. The Morgan fingerprint density at radius 3 is 1.97 bits per heavy atom. The molecule has 1 fully saturated rings. The van der Waals surface area contributed by atoms with Crippen molar-refractivity contribution in [1.82, 2.24) is 10.2 Å². The van der Waals surface area contributed by atoms with Gasteiger partial charge in [-0.15, -0.1) is 0 Å². The van der Waals surface area contributed by atoms with Crippen LogP contribution in [0.5, 0.6) is 11.5 Å². The van der Waals surface area contributed by atoms with E-state index in [4.69, 9.17) is 9.47 Å². The van der Waals surface area contributed by atoms with Crippen LogP contribution in [0.2, 0.25) is 0 Å². The second kappa shape index (κ2) is 10.8. The third-order valence-corrected chi connectivity index (χ3v) is 5.90. The van der Waals surface area contributed by atoms with Crippen molar-refractivity contribution in [2.24, 2.45) is 0 Å². The number of methoxy groups -OCH3 is 2. The first-order valence-electron chi connectivity index (χ1n) is 10.9. The lowest BCUT2D eigenvalue weighted by Crippen LogP contribution is -2.50. The van der Waals surface area contributed by atoms with Crippen LogP contribution in [0.25, 0.3) is 0 Å². The van der Waals surface area contributed by atoms with Crippen molar-refractivity contribution in [2.45, 2.75) is 57.7 Å².